The zero-order valence-electron chi connectivity index (χ0n) is 14.1. The normalized spacial score (nSPS) is 25.5. The van der Waals surface area contributed by atoms with Crippen molar-refractivity contribution in [3.8, 4) is 0 Å². The number of likely N-dealkylation sites (tertiary alicyclic amines) is 2. The SMILES string of the molecule is CCC(N)C(=O)N1CC(=O)C2C1CCN2C(=O)[CH]CC(C)C(N)=O. The van der Waals surface area contributed by atoms with Gasteiger partial charge in [-0.25, -0.2) is 0 Å². The van der Waals surface area contributed by atoms with Crippen molar-refractivity contribution in [2.75, 3.05) is 13.1 Å². The summed E-state index contributed by atoms with van der Waals surface area (Å²) in [5.74, 6) is -1.58. The summed E-state index contributed by atoms with van der Waals surface area (Å²) in [4.78, 5) is 51.1. The van der Waals surface area contributed by atoms with E-state index in [2.05, 4.69) is 0 Å². The highest BCUT2D eigenvalue weighted by Crippen LogP contribution is 2.30. The van der Waals surface area contributed by atoms with E-state index in [1.807, 2.05) is 6.92 Å². The first-order chi connectivity index (χ1) is 11.3. The second-order valence-electron chi connectivity index (χ2n) is 6.52. The van der Waals surface area contributed by atoms with E-state index in [0.29, 0.717) is 19.4 Å². The maximum atomic E-state index is 12.4. The highest BCUT2D eigenvalue weighted by Gasteiger charge is 2.51. The number of hydrogen-bond acceptors (Lipinski definition) is 5. The molecule has 0 aromatic rings. The van der Waals surface area contributed by atoms with Gasteiger partial charge in [-0.15, -0.1) is 0 Å². The molecule has 2 heterocycles. The van der Waals surface area contributed by atoms with E-state index in [0.717, 1.165) is 0 Å². The summed E-state index contributed by atoms with van der Waals surface area (Å²) < 4.78 is 0. The van der Waals surface area contributed by atoms with E-state index in [9.17, 15) is 19.2 Å². The molecule has 0 aromatic heterocycles. The lowest BCUT2D eigenvalue weighted by molar-refractivity contribution is -0.134. The van der Waals surface area contributed by atoms with Gasteiger partial charge in [-0.3, -0.25) is 19.2 Å². The predicted octanol–water partition coefficient (Wildman–Crippen LogP) is -1.18. The van der Waals surface area contributed by atoms with Crippen LogP contribution in [0.3, 0.4) is 0 Å². The van der Waals surface area contributed by atoms with Crippen LogP contribution < -0.4 is 11.5 Å². The van der Waals surface area contributed by atoms with Crippen LogP contribution in [0.5, 0.6) is 0 Å². The zero-order valence-corrected chi connectivity index (χ0v) is 14.1. The van der Waals surface area contributed by atoms with Gasteiger partial charge < -0.3 is 21.3 Å². The Morgan fingerprint density at radius 3 is 2.58 bits per heavy atom. The number of nitrogens with zero attached hydrogens (tertiary/aromatic N) is 2. The van der Waals surface area contributed by atoms with Crippen LogP contribution in [-0.2, 0) is 19.2 Å². The highest BCUT2D eigenvalue weighted by atomic mass is 16.2. The molecule has 2 saturated heterocycles. The summed E-state index contributed by atoms with van der Waals surface area (Å²) >= 11 is 0. The molecule has 0 saturated carbocycles. The van der Waals surface area contributed by atoms with Crippen LogP contribution >= 0.6 is 0 Å². The largest absolute Gasteiger partial charge is 0.369 e. The summed E-state index contributed by atoms with van der Waals surface area (Å²) in [5.41, 5.74) is 11.0. The molecule has 8 heteroatoms. The van der Waals surface area contributed by atoms with Gasteiger partial charge in [0.15, 0.2) is 5.78 Å². The number of ketones is 1. The van der Waals surface area contributed by atoms with Crippen molar-refractivity contribution in [1.29, 1.82) is 0 Å². The smallest absolute Gasteiger partial charge is 0.240 e. The predicted molar refractivity (Wildman–Crippen MR) is 86.2 cm³/mol. The molecule has 4 unspecified atom stereocenters. The molecular formula is C16H25N4O4. The van der Waals surface area contributed by atoms with E-state index in [-0.39, 0.29) is 36.6 Å². The fraction of sp³-hybridized carbons (Fsp3) is 0.688. The summed E-state index contributed by atoms with van der Waals surface area (Å²) in [6.07, 6.45) is 2.69. The minimum Gasteiger partial charge on any atom is -0.369 e. The number of fused-ring (bicyclic) bond motifs is 1. The number of carbonyl (C=O) groups excluding carboxylic acids is 4. The lowest BCUT2D eigenvalue weighted by Crippen LogP contribution is -2.47. The van der Waals surface area contributed by atoms with Crippen molar-refractivity contribution in [3.63, 3.8) is 0 Å². The van der Waals surface area contributed by atoms with Crippen molar-refractivity contribution in [2.24, 2.45) is 17.4 Å². The molecule has 8 nitrogen and oxygen atoms in total. The highest BCUT2D eigenvalue weighted by molar-refractivity contribution is 5.99. The van der Waals surface area contributed by atoms with Gasteiger partial charge in [0.05, 0.1) is 25.0 Å². The minimum atomic E-state index is -0.621. The van der Waals surface area contributed by atoms with Crippen molar-refractivity contribution in [3.05, 3.63) is 6.42 Å². The van der Waals surface area contributed by atoms with Crippen molar-refractivity contribution in [1.82, 2.24) is 9.80 Å². The number of Topliss-reactive ketones (excluding diaryl/α,β-unsaturated/α-hetero) is 1. The lowest BCUT2D eigenvalue weighted by atomic mass is 10.0. The quantitative estimate of drug-likeness (QED) is 0.631. The first-order valence-corrected chi connectivity index (χ1v) is 8.29. The molecular weight excluding hydrogens is 312 g/mol. The van der Waals surface area contributed by atoms with E-state index in [4.69, 9.17) is 11.5 Å². The van der Waals surface area contributed by atoms with Crippen LogP contribution in [0.25, 0.3) is 0 Å². The summed E-state index contributed by atoms with van der Waals surface area (Å²) in [6, 6.07) is -1.52. The first-order valence-electron chi connectivity index (χ1n) is 8.29. The fourth-order valence-electron chi connectivity index (χ4n) is 3.26. The number of hydrogen-bond donors (Lipinski definition) is 2. The maximum absolute atomic E-state index is 12.4. The molecule has 0 aliphatic carbocycles. The van der Waals surface area contributed by atoms with Crippen LogP contribution in [0.4, 0.5) is 0 Å². The molecule has 2 aliphatic heterocycles. The Morgan fingerprint density at radius 2 is 2.00 bits per heavy atom. The van der Waals surface area contributed by atoms with Gasteiger partial charge in [0.25, 0.3) is 0 Å². The standard InChI is InChI=1S/C16H25N4O4/c1-3-10(17)16(24)20-8-12(21)14-11(20)6-7-19(14)13(22)5-4-9(2)15(18)23/h5,9-11,14H,3-4,6-8,17H2,1-2H3,(H2,18,23). The van der Waals surface area contributed by atoms with Gasteiger partial charge in [0.1, 0.15) is 6.04 Å². The van der Waals surface area contributed by atoms with Crippen molar-refractivity contribution >= 4 is 23.5 Å². The molecule has 0 bridgehead atoms. The van der Waals surface area contributed by atoms with E-state index >= 15 is 0 Å². The molecule has 0 spiro atoms. The van der Waals surface area contributed by atoms with Gasteiger partial charge in [-0.05, 0) is 19.3 Å². The van der Waals surface area contributed by atoms with E-state index in [1.165, 1.54) is 16.2 Å². The summed E-state index contributed by atoms with van der Waals surface area (Å²) in [7, 11) is 0. The molecule has 2 rings (SSSR count). The van der Waals surface area contributed by atoms with Crippen LogP contribution in [-0.4, -0.2) is 64.5 Å². The molecule has 4 N–H and O–H groups in total. The third-order valence-corrected chi connectivity index (χ3v) is 4.88. The molecule has 2 fully saturated rings. The zero-order chi connectivity index (χ0) is 18.0. The third-order valence-electron chi connectivity index (χ3n) is 4.88. The van der Waals surface area contributed by atoms with E-state index in [1.54, 1.807) is 6.92 Å². The lowest BCUT2D eigenvalue weighted by Gasteiger charge is -2.26. The Bertz CT molecular complexity index is 550. The number of primary amides is 1. The van der Waals surface area contributed by atoms with Gasteiger partial charge in [0, 0.05) is 12.5 Å². The van der Waals surface area contributed by atoms with Crippen LogP contribution in [0.15, 0.2) is 0 Å². The van der Waals surface area contributed by atoms with Crippen LogP contribution in [0.2, 0.25) is 0 Å². The molecule has 1 radical (unpaired) electrons. The number of carbonyl (C=O) groups is 4. The summed E-state index contributed by atoms with van der Waals surface area (Å²) in [5, 5.41) is 0. The second kappa shape index (κ2) is 7.29. The molecule has 0 aromatic carbocycles. The molecule has 3 amide bonds. The van der Waals surface area contributed by atoms with E-state index < -0.39 is 23.9 Å². The Hall–Kier alpha value is -1.96. The van der Waals surface area contributed by atoms with Crippen LogP contribution in [0.1, 0.15) is 33.1 Å². The number of amides is 3. The Labute approximate surface area is 141 Å². The molecule has 24 heavy (non-hydrogen) atoms. The number of rotatable bonds is 6. The Balaban J connectivity index is 2.02. The third kappa shape index (κ3) is 3.43. The minimum absolute atomic E-state index is 0.00331. The maximum Gasteiger partial charge on any atom is 0.240 e. The average Bonchev–Trinajstić information content (AvgIpc) is 3.12. The van der Waals surface area contributed by atoms with Gasteiger partial charge in [-0.1, -0.05) is 13.8 Å². The molecule has 2 aliphatic rings. The van der Waals surface area contributed by atoms with Crippen LogP contribution in [0, 0.1) is 12.3 Å². The average molecular weight is 337 g/mol. The second-order valence-corrected chi connectivity index (χ2v) is 6.52. The van der Waals surface area contributed by atoms with Gasteiger partial charge >= 0.3 is 0 Å². The summed E-state index contributed by atoms with van der Waals surface area (Å²) in [6.45, 7) is 3.87. The van der Waals surface area contributed by atoms with Gasteiger partial charge in [-0.2, -0.15) is 0 Å². The number of nitrogens with two attached hydrogens (primary N) is 2. The Morgan fingerprint density at radius 1 is 1.33 bits per heavy atom. The molecule has 133 valence electrons. The van der Waals surface area contributed by atoms with Crippen molar-refractivity contribution in [2.45, 2.75) is 51.2 Å². The monoisotopic (exact) mass is 337 g/mol. The first kappa shape index (κ1) is 18.4. The van der Waals surface area contributed by atoms with Gasteiger partial charge in [0.2, 0.25) is 17.7 Å². The topological polar surface area (TPSA) is 127 Å². The van der Waals surface area contributed by atoms with Crippen molar-refractivity contribution < 1.29 is 19.2 Å². The fourth-order valence-corrected chi connectivity index (χ4v) is 3.26. The Kier molecular flexibility index (Phi) is 5.58. The molecule has 4 atom stereocenters.